The van der Waals surface area contributed by atoms with Crippen molar-refractivity contribution in [2.24, 2.45) is 0 Å². The SMILES string of the molecule is FC(F)(F)c1cc2c3c(c1)c1cc(C(F)(F)F)cc4c1n3-c1c(ccc3c1B2c1cc2ccccc2c2c(-c5ccccc5)c(-c5ccccc5)n-3c12)C41c2ccccc2-c2ccccc21. The number of benzene rings is 9. The Morgan fingerprint density at radius 2 is 1.02 bits per heavy atom. The van der Waals surface area contributed by atoms with Crippen molar-refractivity contribution in [1.29, 1.82) is 0 Å². The van der Waals surface area contributed by atoms with Crippen molar-refractivity contribution < 1.29 is 26.3 Å². The Morgan fingerprint density at radius 1 is 0.439 bits per heavy atom. The van der Waals surface area contributed by atoms with Gasteiger partial charge in [0.15, 0.2) is 0 Å². The Bertz CT molecular complexity index is 3980. The predicted molar refractivity (Wildman–Crippen MR) is 252 cm³/mol. The maximum absolute atomic E-state index is 15.5. The second kappa shape index (κ2) is 11.9. The number of hydrogen-bond donors (Lipinski definition) is 0. The molecule has 15 rings (SSSR count). The first-order valence-electron chi connectivity index (χ1n) is 21.9. The second-order valence-electron chi connectivity index (χ2n) is 18.1. The summed E-state index contributed by atoms with van der Waals surface area (Å²) in [4.78, 5) is 0. The van der Waals surface area contributed by atoms with E-state index >= 15 is 26.3 Å². The summed E-state index contributed by atoms with van der Waals surface area (Å²) >= 11 is 0. The largest absolute Gasteiger partial charge is 0.416 e. The topological polar surface area (TPSA) is 9.86 Å². The fourth-order valence-corrected chi connectivity index (χ4v) is 12.8. The highest BCUT2D eigenvalue weighted by Crippen LogP contribution is 2.62. The lowest BCUT2D eigenvalue weighted by atomic mass is 9.33. The highest BCUT2D eigenvalue weighted by atomic mass is 19.4. The average Bonchev–Trinajstić information content (AvgIpc) is 3.97. The van der Waals surface area contributed by atoms with Crippen molar-refractivity contribution in [3.63, 3.8) is 0 Å². The Labute approximate surface area is 372 Å². The highest BCUT2D eigenvalue weighted by Gasteiger charge is 2.55. The summed E-state index contributed by atoms with van der Waals surface area (Å²) in [5.74, 6) is 0. The van der Waals surface area contributed by atoms with E-state index in [1.807, 2.05) is 102 Å². The molecule has 1 aliphatic carbocycles. The van der Waals surface area contributed by atoms with Crippen molar-refractivity contribution >= 4 is 66.6 Å². The number of hydrogen-bond acceptors (Lipinski definition) is 0. The van der Waals surface area contributed by atoms with Crippen LogP contribution in [-0.4, -0.2) is 15.8 Å². The van der Waals surface area contributed by atoms with Crippen molar-refractivity contribution in [2.75, 3.05) is 0 Å². The van der Waals surface area contributed by atoms with Crippen LogP contribution < -0.4 is 16.4 Å². The molecule has 0 amide bonds. The zero-order valence-corrected chi connectivity index (χ0v) is 34.5. The molecule has 66 heavy (non-hydrogen) atoms. The van der Waals surface area contributed by atoms with Crippen LogP contribution >= 0.6 is 0 Å². The van der Waals surface area contributed by atoms with E-state index in [0.717, 1.165) is 106 Å². The maximum Gasteiger partial charge on any atom is 0.416 e. The van der Waals surface area contributed by atoms with E-state index < -0.39 is 35.6 Å². The van der Waals surface area contributed by atoms with Gasteiger partial charge in [0.2, 0.25) is 0 Å². The normalized spacial score (nSPS) is 14.6. The summed E-state index contributed by atoms with van der Waals surface area (Å²) in [5, 5.41) is 3.22. The molecule has 0 saturated heterocycles. The van der Waals surface area contributed by atoms with E-state index in [1.54, 1.807) is 0 Å². The molecule has 4 aliphatic rings. The van der Waals surface area contributed by atoms with E-state index in [9.17, 15) is 0 Å². The summed E-state index contributed by atoms with van der Waals surface area (Å²) in [6.07, 6.45) is -9.60. The average molecular weight is 867 g/mol. The molecular weight excluding hydrogens is 837 g/mol. The molecule has 312 valence electrons. The van der Waals surface area contributed by atoms with Gasteiger partial charge in [0.25, 0.3) is 6.71 Å². The second-order valence-corrected chi connectivity index (χ2v) is 18.1. The number of aromatic nitrogens is 2. The molecule has 1 spiro atoms. The molecule has 11 aromatic rings. The molecule has 5 heterocycles. The first-order valence-corrected chi connectivity index (χ1v) is 21.9. The molecule has 0 unspecified atom stereocenters. The molecule has 0 radical (unpaired) electrons. The molecular formula is C57H29BF6N2. The van der Waals surface area contributed by atoms with Gasteiger partial charge in [-0.3, -0.25) is 0 Å². The van der Waals surface area contributed by atoms with Crippen molar-refractivity contribution in [2.45, 2.75) is 17.8 Å². The van der Waals surface area contributed by atoms with E-state index in [0.29, 0.717) is 22.1 Å². The maximum atomic E-state index is 15.5. The third-order valence-corrected chi connectivity index (χ3v) is 15.1. The summed E-state index contributed by atoms with van der Waals surface area (Å²) in [6, 6.07) is 55.5. The van der Waals surface area contributed by atoms with Crippen molar-refractivity contribution in [1.82, 2.24) is 9.13 Å². The summed E-state index contributed by atoms with van der Waals surface area (Å²) in [7, 11) is 0. The fourth-order valence-electron chi connectivity index (χ4n) is 12.8. The van der Waals surface area contributed by atoms with Crippen LogP contribution in [0.5, 0.6) is 0 Å². The lowest BCUT2D eigenvalue weighted by Gasteiger charge is -2.44. The molecule has 2 nitrogen and oxygen atoms in total. The van der Waals surface area contributed by atoms with E-state index in [2.05, 4.69) is 59.2 Å². The third kappa shape index (κ3) is 4.19. The lowest BCUT2D eigenvalue weighted by Crippen LogP contribution is -2.60. The lowest BCUT2D eigenvalue weighted by molar-refractivity contribution is -0.138. The van der Waals surface area contributed by atoms with Crippen LogP contribution in [-0.2, 0) is 17.8 Å². The summed E-state index contributed by atoms with van der Waals surface area (Å²) < 4.78 is 97.3. The van der Waals surface area contributed by atoms with Crippen molar-refractivity contribution in [3.05, 3.63) is 209 Å². The highest BCUT2D eigenvalue weighted by molar-refractivity contribution is 7.00. The van der Waals surface area contributed by atoms with Gasteiger partial charge < -0.3 is 9.13 Å². The molecule has 2 aromatic heterocycles. The molecule has 9 heteroatoms. The van der Waals surface area contributed by atoms with Crippen LogP contribution in [0.1, 0.15) is 33.4 Å². The monoisotopic (exact) mass is 866 g/mol. The zero-order valence-electron chi connectivity index (χ0n) is 34.5. The molecule has 0 fully saturated rings. The van der Waals surface area contributed by atoms with Gasteiger partial charge in [0.1, 0.15) is 0 Å². The smallest absolute Gasteiger partial charge is 0.310 e. The van der Waals surface area contributed by atoms with Crippen LogP contribution in [0.3, 0.4) is 0 Å². The molecule has 9 aromatic carbocycles. The molecule has 3 aliphatic heterocycles. The molecule has 0 N–H and O–H groups in total. The minimum absolute atomic E-state index is 0.143. The summed E-state index contributed by atoms with van der Waals surface area (Å²) in [5.41, 5.74) is 11.1. The number of alkyl halides is 6. The first kappa shape index (κ1) is 36.6. The number of halogens is 6. The van der Waals surface area contributed by atoms with Gasteiger partial charge in [0, 0.05) is 38.6 Å². The van der Waals surface area contributed by atoms with Gasteiger partial charge in [-0.05, 0) is 95.9 Å². The van der Waals surface area contributed by atoms with E-state index in [4.69, 9.17) is 0 Å². The zero-order chi connectivity index (χ0) is 44.2. The minimum atomic E-state index is -4.80. The van der Waals surface area contributed by atoms with Crippen LogP contribution in [0.4, 0.5) is 26.3 Å². The van der Waals surface area contributed by atoms with E-state index in [-0.39, 0.29) is 10.8 Å². The van der Waals surface area contributed by atoms with Gasteiger partial charge >= 0.3 is 12.4 Å². The van der Waals surface area contributed by atoms with Gasteiger partial charge in [0.05, 0.1) is 33.3 Å². The first-order chi connectivity index (χ1) is 32.0. The van der Waals surface area contributed by atoms with Crippen LogP contribution in [0.25, 0.3) is 88.4 Å². The quantitative estimate of drug-likeness (QED) is 0.121. The van der Waals surface area contributed by atoms with Gasteiger partial charge in [-0.1, -0.05) is 152 Å². The molecule has 0 saturated carbocycles. The van der Waals surface area contributed by atoms with Crippen LogP contribution in [0.15, 0.2) is 176 Å². The minimum Gasteiger partial charge on any atom is -0.310 e. The Morgan fingerprint density at radius 3 is 1.70 bits per heavy atom. The van der Waals surface area contributed by atoms with Crippen LogP contribution in [0, 0.1) is 0 Å². The Kier molecular flexibility index (Phi) is 6.60. The van der Waals surface area contributed by atoms with Crippen molar-refractivity contribution in [3.8, 4) is 44.9 Å². The third-order valence-electron chi connectivity index (χ3n) is 15.1. The van der Waals surface area contributed by atoms with Crippen LogP contribution in [0.2, 0.25) is 0 Å². The van der Waals surface area contributed by atoms with Gasteiger partial charge in [-0.25, -0.2) is 0 Å². The number of nitrogens with zero attached hydrogens (tertiary/aromatic N) is 2. The predicted octanol–water partition coefficient (Wildman–Crippen LogP) is 13.1. The van der Waals surface area contributed by atoms with Gasteiger partial charge in [-0.2, -0.15) is 26.3 Å². The van der Waals surface area contributed by atoms with E-state index in [1.165, 1.54) is 12.1 Å². The molecule has 0 atom stereocenters. The fraction of sp³-hybridized carbons (Fsp3) is 0.0526. The van der Waals surface area contributed by atoms with Gasteiger partial charge in [-0.15, -0.1) is 0 Å². The standard InChI is InChI=1S/C57H29BF6N2/c59-56(60,61)33-26-38-39-27-34(57(62,63)64)29-45-52(39)66-51(38)43(28-33)55(40-21-11-9-19-36(40)37-20-10-12-22-41(37)55)42-23-24-46-49(53(42)66)58(45)44-25-32-17-7-8-18-35(32)48-47(30-13-3-1-4-14-30)50(65(46)54(44)48)31-15-5-2-6-16-31/h1-29H. The Hall–Kier alpha value is -7.78. The summed E-state index contributed by atoms with van der Waals surface area (Å²) in [6.45, 7) is -0.731. The number of rotatable bonds is 2. The molecule has 0 bridgehead atoms. The Balaban J connectivity index is 1.23. The number of fused-ring (bicyclic) bond motifs is 13.